The van der Waals surface area contributed by atoms with Crippen LogP contribution in [0.15, 0.2) is 0 Å². The molecular weight excluding hydrogens is 160 g/mol. The Labute approximate surface area is 80.5 Å². The summed E-state index contributed by atoms with van der Waals surface area (Å²) in [6, 6.07) is 1.59. The SMILES string of the molecule is C1CCC2NC3(CCC3)CNC2C1. The van der Waals surface area contributed by atoms with Gasteiger partial charge in [0, 0.05) is 24.2 Å². The van der Waals surface area contributed by atoms with E-state index in [1.165, 1.54) is 51.5 Å². The molecule has 0 amide bonds. The van der Waals surface area contributed by atoms with Crippen LogP contribution in [0.3, 0.4) is 0 Å². The van der Waals surface area contributed by atoms with E-state index < -0.39 is 0 Å². The van der Waals surface area contributed by atoms with Crippen molar-refractivity contribution in [1.29, 1.82) is 0 Å². The van der Waals surface area contributed by atoms with Crippen molar-refractivity contribution in [3.63, 3.8) is 0 Å². The average Bonchev–Trinajstić information content (AvgIpc) is 2.15. The average molecular weight is 180 g/mol. The molecule has 2 unspecified atom stereocenters. The van der Waals surface area contributed by atoms with Gasteiger partial charge in [-0.3, -0.25) is 0 Å². The summed E-state index contributed by atoms with van der Waals surface area (Å²) in [5.41, 5.74) is 0.526. The third-order valence-corrected chi connectivity index (χ3v) is 4.27. The maximum absolute atomic E-state index is 3.91. The first-order chi connectivity index (χ1) is 6.38. The molecule has 0 aromatic heterocycles. The van der Waals surface area contributed by atoms with Gasteiger partial charge in [0.05, 0.1) is 0 Å². The molecule has 2 aliphatic carbocycles. The molecule has 2 N–H and O–H groups in total. The van der Waals surface area contributed by atoms with Gasteiger partial charge < -0.3 is 10.6 Å². The Bertz CT molecular complexity index is 198. The molecule has 0 radical (unpaired) electrons. The number of rotatable bonds is 0. The van der Waals surface area contributed by atoms with E-state index in [9.17, 15) is 0 Å². The lowest BCUT2D eigenvalue weighted by molar-refractivity contribution is 0.0839. The van der Waals surface area contributed by atoms with Gasteiger partial charge in [-0.1, -0.05) is 12.8 Å². The summed E-state index contributed by atoms with van der Waals surface area (Å²) in [5.74, 6) is 0. The molecule has 1 aliphatic heterocycles. The molecule has 1 saturated heterocycles. The largest absolute Gasteiger partial charge is 0.311 e. The van der Waals surface area contributed by atoms with E-state index in [1.807, 2.05) is 0 Å². The molecule has 2 atom stereocenters. The van der Waals surface area contributed by atoms with Crippen molar-refractivity contribution in [1.82, 2.24) is 10.6 Å². The van der Waals surface area contributed by atoms with Gasteiger partial charge >= 0.3 is 0 Å². The zero-order valence-electron chi connectivity index (χ0n) is 8.31. The first-order valence-electron chi connectivity index (χ1n) is 5.89. The Morgan fingerprint density at radius 2 is 1.69 bits per heavy atom. The smallest absolute Gasteiger partial charge is 0.0309 e. The minimum atomic E-state index is 0.526. The molecule has 3 rings (SSSR count). The maximum Gasteiger partial charge on any atom is 0.0309 e. The van der Waals surface area contributed by atoms with Crippen molar-refractivity contribution in [3.05, 3.63) is 0 Å². The molecule has 2 nitrogen and oxygen atoms in total. The van der Waals surface area contributed by atoms with Crippen LogP contribution in [-0.4, -0.2) is 24.2 Å². The van der Waals surface area contributed by atoms with E-state index in [4.69, 9.17) is 0 Å². The van der Waals surface area contributed by atoms with Gasteiger partial charge in [-0.15, -0.1) is 0 Å². The summed E-state index contributed by atoms with van der Waals surface area (Å²) >= 11 is 0. The monoisotopic (exact) mass is 180 g/mol. The first kappa shape index (κ1) is 8.25. The molecular formula is C11H20N2. The molecule has 1 spiro atoms. The Kier molecular flexibility index (Phi) is 1.88. The second-order valence-electron chi connectivity index (χ2n) is 5.16. The fraction of sp³-hybridized carbons (Fsp3) is 1.00. The van der Waals surface area contributed by atoms with E-state index in [2.05, 4.69) is 10.6 Å². The highest BCUT2D eigenvalue weighted by Crippen LogP contribution is 2.36. The third-order valence-electron chi connectivity index (χ3n) is 4.27. The van der Waals surface area contributed by atoms with Gasteiger partial charge in [-0.05, 0) is 32.1 Å². The van der Waals surface area contributed by atoms with Crippen LogP contribution in [0.5, 0.6) is 0 Å². The number of nitrogens with one attached hydrogen (secondary N) is 2. The van der Waals surface area contributed by atoms with E-state index in [1.54, 1.807) is 0 Å². The van der Waals surface area contributed by atoms with Crippen LogP contribution in [0, 0.1) is 0 Å². The van der Waals surface area contributed by atoms with Crippen LogP contribution in [0.2, 0.25) is 0 Å². The van der Waals surface area contributed by atoms with E-state index in [0.29, 0.717) is 5.54 Å². The lowest BCUT2D eigenvalue weighted by atomic mass is 9.72. The summed E-state index contributed by atoms with van der Waals surface area (Å²) in [6.45, 7) is 1.23. The predicted molar refractivity (Wildman–Crippen MR) is 53.8 cm³/mol. The molecule has 0 aromatic rings. The van der Waals surface area contributed by atoms with Crippen molar-refractivity contribution in [2.24, 2.45) is 0 Å². The highest BCUT2D eigenvalue weighted by atomic mass is 15.2. The Morgan fingerprint density at radius 3 is 2.38 bits per heavy atom. The van der Waals surface area contributed by atoms with Gasteiger partial charge in [-0.2, -0.15) is 0 Å². The highest BCUT2D eigenvalue weighted by Gasteiger charge is 2.44. The molecule has 3 fully saturated rings. The summed E-state index contributed by atoms with van der Waals surface area (Å²) in [6.07, 6.45) is 9.92. The zero-order chi connectivity index (χ0) is 8.73. The molecule has 1 heterocycles. The van der Waals surface area contributed by atoms with Gasteiger partial charge in [0.15, 0.2) is 0 Å². The van der Waals surface area contributed by atoms with E-state index in [-0.39, 0.29) is 0 Å². The second kappa shape index (κ2) is 2.96. The van der Waals surface area contributed by atoms with Crippen LogP contribution >= 0.6 is 0 Å². The number of fused-ring (bicyclic) bond motifs is 1. The summed E-state index contributed by atoms with van der Waals surface area (Å²) in [5, 5.41) is 7.66. The number of hydrogen-bond acceptors (Lipinski definition) is 2. The van der Waals surface area contributed by atoms with Gasteiger partial charge in [0.25, 0.3) is 0 Å². The van der Waals surface area contributed by atoms with Crippen molar-refractivity contribution in [2.45, 2.75) is 62.6 Å². The summed E-state index contributed by atoms with van der Waals surface area (Å²) in [4.78, 5) is 0. The Hall–Kier alpha value is -0.0800. The number of hydrogen-bond donors (Lipinski definition) is 2. The van der Waals surface area contributed by atoms with Crippen LogP contribution in [0.4, 0.5) is 0 Å². The molecule has 3 aliphatic rings. The quantitative estimate of drug-likeness (QED) is 0.589. The molecule has 0 bridgehead atoms. The number of piperazine rings is 1. The van der Waals surface area contributed by atoms with Crippen LogP contribution in [0.25, 0.3) is 0 Å². The van der Waals surface area contributed by atoms with Crippen LogP contribution < -0.4 is 10.6 Å². The standard InChI is InChI=1S/C11H20N2/c1-2-5-10-9(4-1)12-8-11(13-10)6-3-7-11/h9-10,12-13H,1-8H2. The third kappa shape index (κ3) is 1.31. The van der Waals surface area contributed by atoms with Crippen molar-refractivity contribution < 1.29 is 0 Å². The van der Waals surface area contributed by atoms with E-state index in [0.717, 1.165) is 12.1 Å². The normalized spacial score (nSPS) is 42.5. The molecule has 74 valence electrons. The maximum atomic E-state index is 3.91. The molecule has 2 saturated carbocycles. The highest BCUT2D eigenvalue weighted by molar-refractivity contribution is 5.06. The lowest BCUT2D eigenvalue weighted by Gasteiger charge is -2.53. The topological polar surface area (TPSA) is 24.1 Å². The second-order valence-corrected chi connectivity index (χ2v) is 5.16. The van der Waals surface area contributed by atoms with Crippen LogP contribution in [0.1, 0.15) is 44.9 Å². The first-order valence-corrected chi connectivity index (χ1v) is 5.89. The van der Waals surface area contributed by atoms with Crippen LogP contribution in [-0.2, 0) is 0 Å². The van der Waals surface area contributed by atoms with Gasteiger partial charge in [0.1, 0.15) is 0 Å². The van der Waals surface area contributed by atoms with Gasteiger partial charge in [0.2, 0.25) is 0 Å². The predicted octanol–water partition coefficient (Wildman–Crippen LogP) is 1.41. The Morgan fingerprint density at radius 1 is 0.923 bits per heavy atom. The van der Waals surface area contributed by atoms with Gasteiger partial charge in [-0.25, -0.2) is 0 Å². The summed E-state index contributed by atoms with van der Waals surface area (Å²) in [7, 11) is 0. The molecule has 0 aromatic carbocycles. The van der Waals surface area contributed by atoms with E-state index >= 15 is 0 Å². The van der Waals surface area contributed by atoms with Crippen molar-refractivity contribution in [2.75, 3.05) is 6.54 Å². The lowest BCUT2D eigenvalue weighted by Crippen LogP contribution is -2.70. The fourth-order valence-electron chi connectivity index (χ4n) is 3.24. The zero-order valence-corrected chi connectivity index (χ0v) is 8.31. The Balaban J connectivity index is 1.69. The fourth-order valence-corrected chi connectivity index (χ4v) is 3.24. The van der Waals surface area contributed by atoms with Crippen molar-refractivity contribution in [3.8, 4) is 0 Å². The summed E-state index contributed by atoms with van der Waals surface area (Å²) < 4.78 is 0. The molecule has 13 heavy (non-hydrogen) atoms. The minimum Gasteiger partial charge on any atom is -0.311 e. The minimum absolute atomic E-state index is 0.526. The molecule has 2 heteroatoms. The van der Waals surface area contributed by atoms with Crippen molar-refractivity contribution >= 4 is 0 Å².